The molecule has 0 amide bonds. The molecule has 1 aliphatic rings. The van der Waals surface area contributed by atoms with Gasteiger partial charge in [0, 0.05) is 12.6 Å². The highest BCUT2D eigenvalue weighted by Gasteiger charge is 2.29. The molecule has 0 saturated carbocycles. The van der Waals surface area contributed by atoms with E-state index in [-0.39, 0.29) is 0 Å². The summed E-state index contributed by atoms with van der Waals surface area (Å²) in [6.07, 6.45) is 7.10. The van der Waals surface area contributed by atoms with E-state index in [4.69, 9.17) is 5.73 Å². The minimum absolute atomic E-state index is 0.683. The first-order valence-corrected chi connectivity index (χ1v) is 8.19. The van der Waals surface area contributed by atoms with Crippen LogP contribution in [0.15, 0.2) is 30.3 Å². The zero-order chi connectivity index (χ0) is 15.1. The molecule has 0 aliphatic carbocycles. The standard InChI is InChI=1S/C18H27N3/c1-2-8-17-11-6-7-13-21(17)14-12-18(20,15-19)16-9-4-3-5-10-16/h3-5,9-10,17H,2,6-8,11-14,20H2,1H3. The highest BCUT2D eigenvalue weighted by atomic mass is 15.2. The Hall–Kier alpha value is -1.37. The summed E-state index contributed by atoms with van der Waals surface area (Å²) in [4.78, 5) is 2.55. The lowest BCUT2D eigenvalue weighted by Crippen LogP contribution is -2.44. The van der Waals surface area contributed by atoms with Crippen LogP contribution in [0.4, 0.5) is 0 Å². The van der Waals surface area contributed by atoms with E-state index < -0.39 is 5.54 Å². The number of likely N-dealkylation sites (tertiary alicyclic amines) is 1. The maximum atomic E-state index is 9.54. The van der Waals surface area contributed by atoms with Crippen LogP contribution in [0.5, 0.6) is 0 Å². The Morgan fingerprint density at radius 3 is 2.76 bits per heavy atom. The third kappa shape index (κ3) is 4.06. The van der Waals surface area contributed by atoms with Gasteiger partial charge in [-0.1, -0.05) is 50.1 Å². The first-order valence-electron chi connectivity index (χ1n) is 8.19. The van der Waals surface area contributed by atoms with Crippen LogP contribution in [0.1, 0.15) is 51.0 Å². The number of hydrogen-bond acceptors (Lipinski definition) is 3. The van der Waals surface area contributed by atoms with Crippen LogP contribution in [0.2, 0.25) is 0 Å². The number of hydrogen-bond donors (Lipinski definition) is 1. The fourth-order valence-electron chi connectivity index (χ4n) is 3.33. The van der Waals surface area contributed by atoms with Crippen LogP contribution in [-0.4, -0.2) is 24.0 Å². The minimum Gasteiger partial charge on any atom is -0.310 e. The van der Waals surface area contributed by atoms with Crippen molar-refractivity contribution in [2.45, 2.75) is 57.0 Å². The van der Waals surface area contributed by atoms with Crippen molar-refractivity contribution in [1.82, 2.24) is 4.90 Å². The van der Waals surface area contributed by atoms with Crippen LogP contribution in [-0.2, 0) is 5.54 Å². The molecular formula is C18H27N3. The van der Waals surface area contributed by atoms with Crippen LogP contribution in [0.3, 0.4) is 0 Å². The molecule has 3 nitrogen and oxygen atoms in total. The second-order valence-electron chi connectivity index (χ2n) is 6.17. The number of piperidine rings is 1. The van der Waals surface area contributed by atoms with Gasteiger partial charge in [-0.3, -0.25) is 0 Å². The molecule has 0 radical (unpaired) electrons. The number of nitrogens with two attached hydrogens (primary N) is 1. The summed E-state index contributed by atoms with van der Waals surface area (Å²) in [6.45, 7) is 4.32. The van der Waals surface area contributed by atoms with Gasteiger partial charge in [0.05, 0.1) is 6.07 Å². The molecule has 1 aromatic carbocycles. The van der Waals surface area contributed by atoms with E-state index >= 15 is 0 Å². The largest absolute Gasteiger partial charge is 0.310 e. The van der Waals surface area contributed by atoms with E-state index in [1.165, 1.54) is 32.1 Å². The normalized spacial score (nSPS) is 22.4. The van der Waals surface area contributed by atoms with Gasteiger partial charge in [0.1, 0.15) is 5.54 Å². The molecule has 0 bridgehead atoms. The van der Waals surface area contributed by atoms with E-state index in [1.54, 1.807) is 0 Å². The predicted octanol–water partition coefficient (Wildman–Crippen LogP) is 3.41. The Morgan fingerprint density at radius 2 is 2.10 bits per heavy atom. The van der Waals surface area contributed by atoms with E-state index in [9.17, 15) is 5.26 Å². The second kappa shape index (κ2) is 7.59. The van der Waals surface area contributed by atoms with Crippen molar-refractivity contribution in [3.05, 3.63) is 35.9 Å². The summed E-state index contributed by atoms with van der Waals surface area (Å²) in [5, 5.41) is 9.54. The molecule has 2 rings (SSSR count). The molecule has 1 heterocycles. The minimum atomic E-state index is -0.866. The monoisotopic (exact) mass is 285 g/mol. The maximum Gasteiger partial charge on any atom is 0.131 e. The number of nitrogens with zero attached hydrogens (tertiary/aromatic N) is 2. The Kier molecular flexibility index (Phi) is 5.78. The molecule has 0 aromatic heterocycles. The van der Waals surface area contributed by atoms with Crippen molar-refractivity contribution < 1.29 is 0 Å². The Balaban J connectivity index is 2.01. The highest BCUT2D eigenvalue weighted by molar-refractivity contribution is 5.30. The smallest absolute Gasteiger partial charge is 0.131 e. The lowest BCUT2D eigenvalue weighted by atomic mass is 9.88. The Labute approximate surface area is 128 Å². The molecule has 3 heteroatoms. The summed E-state index contributed by atoms with van der Waals surface area (Å²) in [5.74, 6) is 0. The molecule has 1 aliphatic heterocycles. The predicted molar refractivity (Wildman–Crippen MR) is 86.7 cm³/mol. The van der Waals surface area contributed by atoms with Gasteiger partial charge in [0.15, 0.2) is 0 Å². The van der Waals surface area contributed by atoms with Crippen molar-refractivity contribution in [3.63, 3.8) is 0 Å². The molecule has 1 fully saturated rings. The quantitative estimate of drug-likeness (QED) is 0.871. The first kappa shape index (κ1) is 16.0. The highest BCUT2D eigenvalue weighted by Crippen LogP contribution is 2.25. The first-order chi connectivity index (χ1) is 10.2. The van der Waals surface area contributed by atoms with Crippen LogP contribution >= 0.6 is 0 Å². The van der Waals surface area contributed by atoms with Crippen LogP contribution < -0.4 is 5.73 Å². The number of nitriles is 1. The fourth-order valence-corrected chi connectivity index (χ4v) is 3.33. The summed E-state index contributed by atoms with van der Waals surface area (Å²) in [6, 6.07) is 12.8. The van der Waals surface area contributed by atoms with Gasteiger partial charge in [-0.2, -0.15) is 5.26 Å². The zero-order valence-corrected chi connectivity index (χ0v) is 13.1. The van der Waals surface area contributed by atoms with Crippen molar-refractivity contribution in [2.75, 3.05) is 13.1 Å². The van der Waals surface area contributed by atoms with Gasteiger partial charge >= 0.3 is 0 Å². The molecule has 0 spiro atoms. The fraction of sp³-hybridized carbons (Fsp3) is 0.611. The Morgan fingerprint density at radius 1 is 1.33 bits per heavy atom. The summed E-state index contributed by atoms with van der Waals surface area (Å²) in [5.41, 5.74) is 6.43. The average molecular weight is 285 g/mol. The SMILES string of the molecule is CCCC1CCCCN1CCC(N)(C#N)c1ccccc1. The van der Waals surface area contributed by atoms with E-state index in [2.05, 4.69) is 17.9 Å². The number of rotatable bonds is 6. The maximum absolute atomic E-state index is 9.54. The van der Waals surface area contributed by atoms with Crippen molar-refractivity contribution in [1.29, 1.82) is 5.26 Å². The third-order valence-electron chi connectivity index (χ3n) is 4.65. The van der Waals surface area contributed by atoms with E-state index in [0.717, 1.165) is 18.7 Å². The van der Waals surface area contributed by atoms with Gasteiger partial charge in [0.2, 0.25) is 0 Å². The summed E-state index contributed by atoms with van der Waals surface area (Å²) < 4.78 is 0. The molecule has 2 N–H and O–H groups in total. The average Bonchev–Trinajstić information content (AvgIpc) is 2.55. The molecule has 21 heavy (non-hydrogen) atoms. The van der Waals surface area contributed by atoms with Gasteiger partial charge in [-0.05, 0) is 37.8 Å². The third-order valence-corrected chi connectivity index (χ3v) is 4.65. The molecule has 2 atom stereocenters. The number of benzene rings is 1. The van der Waals surface area contributed by atoms with E-state index in [0.29, 0.717) is 12.5 Å². The topological polar surface area (TPSA) is 53.0 Å². The second-order valence-corrected chi connectivity index (χ2v) is 6.17. The summed E-state index contributed by atoms with van der Waals surface area (Å²) in [7, 11) is 0. The van der Waals surface area contributed by atoms with Crippen LogP contribution in [0.25, 0.3) is 0 Å². The van der Waals surface area contributed by atoms with E-state index in [1.807, 2.05) is 30.3 Å². The lowest BCUT2D eigenvalue weighted by molar-refractivity contribution is 0.131. The molecule has 114 valence electrons. The van der Waals surface area contributed by atoms with Crippen LogP contribution in [0, 0.1) is 11.3 Å². The Bertz CT molecular complexity index is 463. The summed E-state index contributed by atoms with van der Waals surface area (Å²) >= 11 is 0. The zero-order valence-electron chi connectivity index (χ0n) is 13.1. The molecule has 1 saturated heterocycles. The van der Waals surface area contributed by atoms with Crippen molar-refractivity contribution >= 4 is 0 Å². The lowest BCUT2D eigenvalue weighted by Gasteiger charge is -2.37. The van der Waals surface area contributed by atoms with Crippen molar-refractivity contribution in [3.8, 4) is 6.07 Å². The van der Waals surface area contributed by atoms with Crippen molar-refractivity contribution in [2.24, 2.45) is 5.73 Å². The van der Waals surface area contributed by atoms with Gasteiger partial charge in [-0.25, -0.2) is 0 Å². The van der Waals surface area contributed by atoms with Gasteiger partial charge in [-0.15, -0.1) is 0 Å². The molecule has 1 aromatic rings. The van der Waals surface area contributed by atoms with Gasteiger partial charge in [0.25, 0.3) is 0 Å². The molecular weight excluding hydrogens is 258 g/mol. The van der Waals surface area contributed by atoms with Gasteiger partial charge < -0.3 is 10.6 Å². The molecule has 2 unspecified atom stereocenters.